The molecular weight excluding hydrogens is 378 g/mol. The fourth-order valence-electron chi connectivity index (χ4n) is 3.41. The quantitative estimate of drug-likeness (QED) is 0.251. The van der Waals surface area contributed by atoms with Crippen LogP contribution in [0.5, 0.6) is 0 Å². The van der Waals surface area contributed by atoms with Crippen molar-refractivity contribution in [1.82, 2.24) is 9.97 Å². The molecule has 4 rings (SSSR count). The summed E-state index contributed by atoms with van der Waals surface area (Å²) in [4.78, 5) is 19.5. The average molecular weight is 398 g/mol. The van der Waals surface area contributed by atoms with Crippen LogP contribution in [-0.2, 0) is 0 Å². The van der Waals surface area contributed by atoms with E-state index in [4.69, 9.17) is 5.26 Å². The second-order valence-electron chi connectivity index (χ2n) is 6.84. The molecule has 4 aromatic rings. The van der Waals surface area contributed by atoms with Crippen molar-refractivity contribution >= 4 is 17.5 Å². The van der Waals surface area contributed by atoms with E-state index in [0.717, 1.165) is 39.3 Å². The predicted molar refractivity (Wildman–Crippen MR) is 115 cm³/mol. The zero-order valence-corrected chi connectivity index (χ0v) is 16.7. The Kier molecular flexibility index (Phi) is 5.37. The summed E-state index contributed by atoms with van der Waals surface area (Å²) in [7, 11) is 0. The molecule has 2 N–H and O–H groups in total. The Labute approximate surface area is 173 Å². The predicted octanol–water partition coefficient (Wildman–Crippen LogP) is 5.64. The van der Waals surface area contributed by atoms with Crippen molar-refractivity contribution in [2.45, 2.75) is 17.9 Å². The van der Waals surface area contributed by atoms with Crippen LogP contribution in [0.3, 0.4) is 0 Å². The molecule has 1 unspecified atom stereocenters. The van der Waals surface area contributed by atoms with Gasteiger partial charge in [-0.25, -0.2) is 0 Å². The van der Waals surface area contributed by atoms with Crippen molar-refractivity contribution in [3.8, 4) is 5.40 Å². The van der Waals surface area contributed by atoms with Crippen LogP contribution < -0.4 is 0 Å². The first kappa shape index (κ1) is 18.9. The van der Waals surface area contributed by atoms with Crippen LogP contribution in [0.15, 0.2) is 83.9 Å². The number of aryl methyl sites for hydroxylation is 1. The highest BCUT2D eigenvalue weighted by atomic mass is 32.2. The molecule has 0 radical (unpaired) electrons. The minimum atomic E-state index is -0.0937. The highest BCUT2D eigenvalue weighted by molar-refractivity contribution is 8.03. The molecule has 5 heteroatoms. The van der Waals surface area contributed by atoms with E-state index in [1.807, 2.05) is 73.7 Å². The number of aromatic nitrogens is 2. The zero-order chi connectivity index (χ0) is 20.2. The van der Waals surface area contributed by atoms with Crippen molar-refractivity contribution < 1.29 is 4.79 Å². The normalized spacial score (nSPS) is 11.7. The lowest BCUT2D eigenvalue weighted by atomic mass is 9.93. The van der Waals surface area contributed by atoms with Crippen LogP contribution in [0.1, 0.15) is 44.5 Å². The standard InChI is InChI=1S/C24H19N3OS/c1-16-7-9-18(10-8-16)24(28)21-12-11-19(26-21)23(17-5-3-2-4-6-17)20-13-14-22(27-20)29-15-25/h2-14,23,26-27H,1H3. The summed E-state index contributed by atoms with van der Waals surface area (Å²) < 4.78 is 0. The van der Waals surface area contributed by atoms with Crippen LogP contribution in [0.25, 0.3) is 0 Å². The summed E-state index contributed by atoms with van der Waals surface area (Å²) in [5.74, 6) is -0.126. The minimum absolute atomic E-state index is 0.0322. The highest BCUT2D eigenvalue weighted by Gasteiger charge is 2.21. The number of nitrogens with zero attached hydrogens (tertiary/aromatic N) is 1. The van der Waals surface area contributed by atoms with Crippen molar-refractivity contribution in [2.24, 2.45) is 0 Å². The number of nitrogens with one attached hydrogen (secondary N) is 2. The van der Waals surface area contributed by atoms with Crippen molar-refractivity contribution in [2.75, 3.05) is 0 Å². The summed E-state index contributed by atoms with van der Waals surface area (Å²) in [5.41, 5.74) is 5.32. The lowest BCUT2D eigenvalue weighted by molar-refractivity contribution is 0.103. The topological polar surface area (TPSA) is 72.4 Å². The second-order valence-corrected chi connectivity index (χ2v) is 7.66. The number of hydrogen-bond donors (Lipinski definition) is 2. The van der Waals surface area contributed by atoms with Gasteiger partial charge in [0.05, 0.1) is 16.6 Å². The molecule has 0 bridgehead atoms. The van der Waals surface area contributed by atoms with E-state index in [1.54, 1.807) is 0 Å². The van der Waals surface area contributed by atoms with E-state index in [9.17, 15) is 4.79 Å². The number of hydrogen-bond acceptors (Lipinski definition) is 3. The van der Waals surface area contributed by atoms with Crippen molar-refractivity contribution in [3.05, 3.63) is 113 Å². The van der Waals surface area contributed by atoms with Gasteiger partial charge in [0.1, 0.15) is 5.40 Å². The summed E-state index contributed by atoms with van der Waals surface area (Å²) >= 11 is 1.10. The second kappa shape index (κ2) is 8.26. The highest BCUT2D eigenvalue weighted by Crippen LogP contribution is 2.32. The van der Waals surface area contributed by atoms with Gasteiger partial charge >= 0.3 is 0 Å². The number of carbonyl (C=O) groups is 1. The Morgan fingerprint density at radius 2 is 1.59 bits per heavy atom. The number of ketones is 1. The molecule has 29 heavy (non-hydrogen) atoms. The van der Waals surface area contributed by atoms with E-state index in [0.29, 0.717) is 11.3 Å². The van der Waals surface area contributed by atoms with Gasteiger partial charge in [0.2, 0.25) is 5.78 Å². The summed E-state index contributed by atoms with van der Waals surface area (Å²) in [6.07, 6.45) is 0. The van der Waals surface area contributed by atoms with Gasteiger partial charge in [0.15, 0.2) is 0 Å². The first-order valence-corrected chi connectivity index (χ1v) is 10.1. The smallest absolute Gasteiger partial charge is 0.209 e. The first-order chi connectivity index (χ1) is 14.2. The summed E-state index contributed by atoms with van der Waals surface area (Å²) in [6, 6.07) is 25.4. The van der Waals surface area contributed by atoms with E-state index < -0.39 is 0 Å². The number of thioether (sulfide) groups is 1. The molecule has 0 saturated carbocycles. The van der Waals surface area contributed by atoms with Crippen LogP contribution in [0.4, 0.5) is 0 Å². The summed E-state index contributed by atoms with van der Waals surface area (Å²) in [5, 5.41) is 11.8. The largest absolute Gasteiger partial charge is 0.355 e. The van der Waals surface area contributed by atoms with Gasteiger partial charge in [-0.05, 0) is 36.8 Å². The zero-order valence-electron chi connectivity index (χ0n) is 15.8. The monoisotopic (exact) mass is 397 g/mol. The molecule has 0 amide bonds. The molecule has 0 spiro atoms. The molecule has 0 aliphatic rings. The minimum Gasteiger partial charge on any atom is -0.355 e. The van der Waals surface area contributed by atoms with E-state index in [1.165, 1.54) is 0 Å². The molecule has 2 aromatic carbocycles. The van der Waals surface area contributed by atoms with Gasteiger partial charge in [-0.15, -0.1) is 0 Å². The molecule has 2 heterocycles. The van der Waals surface area contributed by atoms with Gasteiger partial charge in [0.25, 0.3) is 0 Å². The third kappa shape index (κ3) is 4.03. The van der Waals surface area contributed by atoms with Gasteiger partial charge in [-0.3, -0.25) is 4.79 Å². The third-order valence-electron chi connectivity index (χ3n) is 4.86. The summed E-state index contributed by atoms with van der Waals surface area (Å²) in [6.45, 7) is 2.00. The molecule has 2 aromatic heterocycles. The third-order valence-corrected chi connectivity index (χ3v) is 5.41. The molecule has 0 aliphatic heterocycles. The molecular formula is C24H19N3OS. The fourth-order valence-corrected chi connectivity index (χ4v) is 3.82. The van der Waals surface area contributed by atoms with Crippen LogP contribution in [0, 0.1) is 17.6 Å². The molecule has 0 saturated heterocycles. The van der Waals surface area contributed by atoms with Gasteiger partial charge < -0.3 is 9.97 Å². The van der Waals surface area contributed by atoms with E-state index in [2.05, 4.69) is 27.5 Å². The molecule has 0 fully saturated rings. The number of H-pyrrole nitrogens is 2. The number of nitriles is 1. The maximum Gasteiger partial charge on any atom is 0.209 e. The van der Waals surface area contributed by atoms with Crippen molar-refractivity contribution in [3.63, 3.8) is 0 Å². The maximum atomic E-state index is 12.9. The maximum absolute atomic E-state index is 12.9. The van der Waals surface area contributed by atoms with Gasteiger partial charge in [-0.1, -0.05) is 60.2 Å². The van der Waals surface area contributed by atoms with E-state index in [-0.39, 0.29) is 11.7 Å². The average Bonchev–Trinajstić information content (AvgIpc) is 3.40. The van der Waals surface area contributed by atoms with Crippen LogP contribution in [-0.4, -0.2) is 15.8 Å². The molecule has 1 atom stereocenters. The SMILES string of the molecule is Cc1ccc(C(=O)c2ccc(C(c3ccccc3)c3ccc(SC#N)[nH]3)[nH]2)cc1. The Morgan fingerprint density at radius 3 is 2.31 bits per heavy atom. The first-order valence-electron chi connectivity index (χ1n) is 9.26. The number of aromatic amines is 2. The Balaban J connectivity index is 1.71. The van der Waals surface area contributed by atoms with Crippen molar-refractivity contribution in [1.29, 1.82) is 5.26 Å². The molecule has 4 nitrogen and oxygen atoms in total. The lowest BCUT2D eigenvalue weighted by Crippen LogP contribution is -2.06. The molecule has 142 valence electrons. The van der Waals surface area contributed by atoms with Gasteiger partial charge in [0, 0.05) is 28.7 Å². The fraction of sp³-hybridized carbons (Fsp3) is 0.0833. The number of benzene rings is 2. The Bertz CT molecular complexity index is 1170. The Morgan fingerprint density at radius 1 is 0.897 bits per heavy atom. The molecule has 0 aliphatic carbocycles. The number of carbonyl (C=O) groups excluding carboxylic acids is 1. The number of thiocyanates is 1. The van der Waals surface area contributed by atoms with E-state index >= 15 is 0 Å². The van der Waals surface area contributed by atoms with Crippen LogP contribution >= 0.6 is 11.8 Å². The number of rotatable bonds is 6. The lowest BCUT2D eigenvalue weighted by Gasteiger charge is -2.15. The Hall–Kier alpha value is -3.49. The van der Waals surface area contributed by atoms with Gasteiger partial charge in [-0.2, -0.15) is 5.26 Å². The van der Waals surface area contributed by atoms with Crippen LogP contribution in [0.2, 0.25) is 0 Å².